The Kier molecular flexibility index (Phi) is 2.75. The molecule has 1 N–H and O–H groups in total. The molecule has 2 nitrogen and oxygen atoms in total. The van der Waals surface area contributed by atoms with Gasteiger partial charge in [0.1, 0.15) is 0 Å². The highest BCUT2D eigenvalue weighted by atomic mass is 16.3. The van der Waals surface area contributed by atoms with Crippen molar-refractivity contribution in [2.75, 3.05) is 0 Å². The molecule has 82 valence electrons. The van der Waals surface area contributed by atoms with Crippen LogP contribution < -0.4 is 0 Å². The van der Waals surface area contributed by atoms with Crippen molar-refractivity contribution < 1.29 is 5.11 Å². The molecule has 0 atom stereocenters. The summed E-state index contributed by atoms with van der Waals surface area (Å²) >= 11 is 0. The quantitative estimate of drug-likeness (QED) is 0.832. The van der Waals surface area contributed by atoms with Crippen LogP contribution in [0.2, 0.25) is 0 Å². The zero-order valence-corrected chi connectivity index (χ0v) is 9.51. The number of hydrogen-bond donors (Lipinski definition) is 1. The van der Waals surface area contributed by atoms with Crippen LogP contribution in [0.3, 0.4) is 0 Å². The highest BCUT2D eigenvalue weighted by molar-refractivity contribution is 5.59. The Hall–Kier alpha value is -1.67. The summed E-state index contributed by atoms with van der Waals surface area (Å²) in [5.41, 5.74) is 2.00. The first-order valence-corrected chi connectivity index (χ1v) is 5.32. The summed E-state index contributed by atoms with van der Waals surface area (Å²) < 4.78 is 0. The lowest BCUT2D eigenvalue weighted by Crippen LogP contribution is -2.15. The molecule has 0 unspecified atom stereocenters. The monoisotopic (exact) mass is 213 g/mol. The average molecular weight is 213 g/mol. The normalized spacial score (nSPS) is 11.4. The fraction of sp³-hybridized carbons (Fsp3) is 0.214. The number of nitrogens with zero attached hydrogens (tertiary/aromatic N) is 1. The second-order valence-electron chi connectivity index (χ2n) is 4.35. The minimum absolute atomic E-state index is 0.827. The predicted octanol–water partition coefficient (Wildman–Crippen LogP) is 2.98. The maximum atomic E-state index is 9.93. The van der Waals surface area contributed by atoms with Gasteiger partial charge in [-0.1, -0.05) is 30.3 Å². The average Bonchev–Trinajstić information content (AvgIpc) is 2.29. The summed E-state index contributed by atoms with van der Waals surface area (Å²) in [5, 5.41) is 9.93. The van der Waals surface area contributed by atoms with Gasteiger partial charge in [0.05, 0.1) is 11.3 Å². The second kappa shape index (κ2) is 4.06. The fourth-order valence-corrected chi connectivity index (χ4v) is 1.58. The summed E-state index contributed by atoms with van der Waals surface area (Å²) in [7, 11) is 0. The number of hydrogen-bond acceptors (Lipinski definition) is 2. The number of pyridine rings is 1. The fourth-order valence-electron chi connectivity index (χ4n) is 1.58. The second-order valence-corrected chi connectivity index (χ2v) is 4.35. The third-order valence-corrected chi connectivity index (χ3v) is 2.54. The van der Waals surface area contributed by atoms with E-state index in [1.807, 2.05) is 42.5 Å². The lowest BCUT2D eigenvalue weighted by Gasteiger charge is -2.18. The van der Waals surface area contributed by atoms with Crippen molar-refractivity contribution in [3.63, 3.8) is 0 Å². The van der Waals surface area contributed by atoms with Crippen molar-refractivity contribution in [3.05, 3.63) is 54.2 Å². The van der Waals surface area contributed by atoms with Gasteiger partial charge in [-0.3, -0.25) is 4.98 Å². The molecular weight excluding hydrogens is 198 g/mol. The molecule has 1 aromatic carbocycles. The Bertz CT molecular complexity index is 472. The largest absolute Gasteiger partial charge is 0.386 e. The van der Waals surface area contributed by atoms with Crippen molar-refractivity contribution in [1.82, 2.24) is 4.98 Å². The predicted molar refractivity (Wildman–Crippen MR) is 64.9 cm³/mol. The zero-order chi connectivity index (χ0) is 11.6. The molecular formula is C14H15NO. The van der Waals surface area contributed by atoms with E-state index in [0.717, 1.165) is 16.8 Å². The van der Waals surface area contributed by atoms with E-state index in [4.69, 9.17) is 0 Å². The Morgan fingerprint density at radius 2 is 1.75 bits per heavy atom. The van der Waals surface area contributed by atoms with Crippen molar-refractivity contribution in [2.24, 2.45) is 0 Å². The van der Waals surface area contributed by atoms with Crippen LogP contribution in [0.15, 0.2) is 48.7 Å². The summed E-state index contributed by atoms with van der Waals surface area (Å²) in [6.07, 6.45) is 1.73. The van der Waals surface area contributed by atoms with Gasteiger partial charge in [-0.05, 0) is 31.5 Å². The van der Waals surface area contributed by atoms with E-state index < -0.39 is 5.60 Å². The Morgan fingerprint density at radius 3 is 2.38 bits per heavy atom. The van der Waals surface area contributed by atoms with Gasteiger partial charge < -0.3 is 5.11 Å². The van der Waals surface area contributed by atoms with Crippen LogP contribution in [0, 0.1) is 0 Å². The van der Waals surface area contributed by atoms with E-state index in [1.54, 1.807) is 20.0 Å². The summed E-state index contributed by atoms with van der Waals surface area (Å²) in [6, 6.07) is 13.7. The van der Waals surface area contributed by atoms with Crippen LogP contribution in [0.25, 0.3) is 11.3 Å². The molecule has 2 heteroatoms. The molecule has 1 aromatic heterocycles. The third kappa shape index (κ3) is 2.28. The Labute approximate surface area is 95.6 Å². The number of aliphatic hydroxyl groups is 1. The highest BCUT2D eigenvalue weighted by Gasteiger charge is 2.16. The Morgan fingerprint density at radius 1 is 1.06 bits per heavy atom. The molecule has 0 aliphatic heterocycles. The van der Waals surface area contributed by atoms with Crippen molar-refractivity contribution >= 4 is 0 Å². The molecule has 0 saturated heterocycles. The zero-order valence-electron chi connectivity index (χ0n) is 9.51. The van der Waals surface area contributed by atoms with Gasteiger partial charge in [0.2, 0.25) is 0 Å². The smallest absolute Gasteiger partial charge is 0.0841 e. The van der Waals surface area contributed by atoms with Gasteiger partial charge in [-0.15, -0.1) is 0 Å². The first kappa shape index (κ1) is 10.8. The standard InChI is InChI=1S/C14H15NO/c1-14(2,16)12-8-9-15-13(10-12)11-6-4-3-5-7-11/h3-10,16H,1-2H3. The number of aromatic nitrogens is 1. The molecule has 0 radical (unpaired) electrons. The first-order chi connectivity index (χ1) is 7.57. The molecule has 0 fully saturated rings. The lowest BCUT2D eigenvalue weighted by atomic mass is 9.97. The van der Waals surface area contributed by atoms with Crippen molar-refractivity contribution in [1.29, 1.82) is 0 Å². The summed E-state index contributed by atoms with van der Waals surface area (Å²) in [5.74, 6) is 0. The van der Waals surface area contributed by atoms with E-state index in [0.29, 0.717) is 0 Å². The van der Waals surface area contributed by atoms with Gasteiger partial charge in [-0.25, -0.2) is 0 Å². The van der Waals surface area contributed by atoms with Crippen LogP contribution in [0.1, 0.15) is 19.4 Å². The molecule has 16 heavy (non-hydrogen) atoms. The van der Waals surface area contributed by atoms with E-state index in [-0.39, 0.29) is 0 Å². The van der Waals surface area contributed by atoms with Gasteiger partial charge in [0.25, 0.3) is 0 Å². The first-order valence-electron chi connectivity index (χ1n) is 5.32. The Balaban J connectivity index is 2.45. The van der Waals surface area contributed by atoms with Gasteiger partial charge in [0.15, 0.2) is 0 Å². The number of benzene rings is 1. The maximum Gasteiger partial charge on any atom is 0.0841 e. The van der Waals surface area contributed by atoms with Gasteiger partial charge in [0, 0.05) is 11.8 Å². The highest BCUT2D eigenvalue weighted by Crippen LogP contribution is 2.23. The summed E-state index contributed by atoms with van der Waals surface area (Å²) in [6.45, 7) is 3.55. The molecule has 0 aliphatic rings. The minimum atomic E-state index is -0.827. The molecule has 0 spiro atoms. The maximum absolute atomic E-state index is 9.93. The molecule has 0 bridgehead atoms. The van der Waals surface area contributed by atoms with Crippen molar-refractivity contribution in [3.8, 4) is 11.3 Å². The lowest BCUT2D eigenvalue weighted by molar-refractivity contribution is 0.0785. The third-order valence-electron chi connectivity index (χ3n) is 2.54. The molecule has 0 amide bonds. The number of rotatable bonds is 2. The minimum Gasteiger partial charge on any atom is -0.386 e. The van der Waals surface area contributed by atoms with Crippen LogP contribution in [-0.4, -0.2) is 10.1 Å². The molecule has 2 aromatic rings. The van der Waals surface area contributed by atoms with Gasteiger partial charge >= 0.3 is 0 Å². The van der Waals surface area contributed by atoms with Crippen molar-refractivity contribution in [2.45, 2.75) is 19.4 Å². The van der Waals surface area contributed by atoms with E-state index in [1.165, 1.54) is 0 Å². The summed E-state index contributed by atoms with van der Waals surface area (Å²) in [4.78, 5) is 4.31. The topological polar surface area (TPSA) is 33.1 Å². The SMILES string of the molecule is CC(C)(O)c1ccnc(-c2ccccc2)c1. The van der Waals surface area contributed by atoms with E-state index in [2.05, 4.69) is 4.98 Å². The van der Waals surface area contributed by atoms with Gasteiger partial charge in [-0.2, -0.15) is 0 Å². The molecule has 0 aliphatic carbocycles. The molecule has 0 saturated carbocycles. The molecule has 2 rings (SSSR count). The van der Waals surface area contributed by atoms with Crippen LogP contribution in [0.5, 0.6) is 0 Å². The van der Waals surface area contributed by atoms with Crippen LogP contribution in [0.4, 0.5) is 0 Å². The van der Waals surface area contributed by atoms with Crippen LogP contribution >= 0.6 is 0 Å². The molecule has 1 heterocycles. The van der Waals surface area contributed by atoms with Crippen LogP contribution in [-0.2, 0) is 5.60 Å². The van der Waals surface area contributed by atoms with E-state index >= 15 is 0 Å². The van der Waals surface area contributed by atoms with E-state index in [9.17, 15) is 5.11 Å².